The van der Waals surface area contributed by atoms with Crippen LogP contribution in [-0.2, 0) is 14.2 Å². The maximum atomic E-state index is 14.5. The maximum Gasteiger partial charge on any atom is 0.195 e. The third-order valence-electron chi connectivity index (χ3n) is 5.98. The highest BCUT2D eigenvalue weighted by atomic mass is 19.2. The Morgan fingerprint density at radius 3 is 2.19 bits per heavy atom. The first-order chi connectivity index (χ1) is 15.2. The van der Waals surface area contributed by atoms with Gasteiger partial charge in [0.05, 0.1) is 25.9 Å². The number of ether oxygens (including phenoxy) is 3. The number of allylic oxidation sites excluding steroid dienone is 4. The molecule has 0 aromatic heterocycles. The highest BCUT2D eigenvalue weighted by molar-refractivity contribution is 5.28. The van der Waals surface area contributed by atoms with E-state index in [2.05, 4.69) is 27.7 Å². The highest BCUT2D eigenvalue weighted by Gasteiger charge is 2.23. The monoisotopic (exact) mass is 460 g/mol. The van der Waals surface area contributed by atoms with Crippen molar-refractivity contribution in [3.05, 3.63) is 23.0 Å². The summed E-state index contributed by atoms with van der Waals surface area (Å²) < 4.78 is 45.4. The lowest BCUT2D eigenvalue weighted by Crippen LogP contribution is -2.32. The molecule has 0 aromatic rings. The van der Waals surface area contributed by atoms with Crippen LogP contribution in [0.3, 0.4) is 0 Å². The molecule has 0 N–H and O–H groups in total. The normalized spacial score (nSPS) is 22.2. The highest BCUT2D eigenvalue weighted by Crippen LogP contribution is 2.31. The van der Waals surface area contributed by atoms with Crippen molar-refractivity contribution in [1.82, 2.24) is 0 Å². The van der Waals surface area contributed by atoms with Gasteiger partial charge in [0.1, 0.15) is 5.76 Å². The number of halogens is 2. The van der Waals surface area contributed by atoms with Crippen LogP contribution < -0.4 is 0 Å². The van der Waals surface area contributed by atoms with E-state index in [-0.39, 0.29) is 17.8 Å². The van der Waals surface area contributed by atoms with Gasteiger partial charge in [-0.15, -0.1) is 0 Å². The summed E-state index contributed by atoms with van der Waals surface area (Å²) in [4.78, 5) is 0. The van der Waals surface area contributed by atoms with Crippen molar-refractivity contribution >= 4 is 0 Å². The van der Waals surface area contributed by atoms with Crippen molar-refractivity contribution in [2.75, 3.05) is 20.3 Å². The van der Waals surface area contributed by atoms with Crippen LogP contribution in [-0.4, -0.2) is 32.5 Å². The fourth-order valence-corrected chi connectivity index (χ4v) is 3.77. The fourth-order valence-electron chi connectivity index (χ4n) is 3.77. The number of rotatable bonds is 13. The van der Waals surface area contributed by atoms with Crippen molar-refractivity contribution in [1.29, 1.82) is 0 Å². The van der Waals surface area contributed by atoms with Gasteiger partial charge in [-0.05, 0) is 62.9 Å². The molecule has 0 bridgehead atoms. The van der Waals surface area contributed by atoms with E-state index >= 15 is 0 Å². The Morgan fingerprint density at radius 1 is 1.03 bits per heavy atom. The minimum Gasteiger partial charge on any atom is -0.498 e. The summed E-state index contributed by atoms with van der Waals surface area (Å²) in [6.45, 7) is 15.3. The summed E-state index contributed by atoms with van der Waals surface area (Å²) in [6.07, 6.45) is 9.79. The number of hydrogen-bond donors (Lipinski definition) is 0. The first kappa shape index (κ1) is 31.1. The van der Waals surface area contributed by atoms with Gasteiger partial charge < -0.3 is 14.2 Å². The molecule has 1 rings (SSSR count). The third-order valence-corrected chi connectivity index (χ3v) is 5.98. The van der Waals surface area contributed by atoms with Gasteiger partial charge in [0.2, 0.25) is 0 Å². The molecule has 5 heteroatoms. The van der Waals surface area contributed by atoms with Crippen molar-refractivity contribution in [2.45, 2.75) is 118 Å². The van der Waals surface area contributed by atoms with Crippen LogP contribution in [0.4, 0.5) is 8.78 Å². The minimum absolute atomic E-state index is 0.0183. The summed E-state index contributed by atoms with van der Waals surface area (Å²) in [5.41, 5.74) is 0.519. The maximum absolute atomic E-state index is 14.5. The molecule has 1 heterocycles. The zero-order valence-electron chi connectivity index (χ0n) is 22.1. The van der Waals surface area contributed by atoms with E-state index in [0.29, 0.717) is 37.2 Å². The van der Waals surface area contributed by atoms with E-state index in [9.17, 15) is 8.78 Å². The average Bonchev–Trinajstić information content (AvgIpc) is 2.80. The second-order valence-electron chi connectivity index (χ2n) is 9.19. The van der Waals surface area contributed by atoms with Gasteiger partial charge in [0.25, 0.3) is 0 Å². The largest absolute Gasteiger partial charge is 0.498 e. The Balaban J connectivity index is 0.00000302. The molecule has 0 amide bonds. The SMILES string of the molecule is CCC.CCCCC1CCC(OCC(C)CCC(C)/C(CC)=C(F)/C(F)=C(\C)OC)CO1. The second-order valence-corrected chi connectivity index (χ2v) is 9.19. The summed E-state index contributed by atoms with van der Waals surface area (Å²) in [5.74, 6) is -1.32. The number of methoxy groups -OCH3 is 1. The minimum atomic E-state index is -0.887. The van der Waals surface area contributed by atoms with Crippen LogP contribution in [0.15, 0.2) is 23.0 Å². The predicted molar refractivity (Wildman–Crippen MR) is 131 cm³/mol. The number of hydrogen-bond acceptors (Lipinski definition) is 3. The molecule has 0 saturated carbocycles. The molecular formula is C27H50F2O3. The zero-order valence-corrected chi connectivity index (χ0v) is 22.1. The molecule has 1 saturated heterocycles. The van der Waals surface area contributed by atoms with E-state index in [4.69, 9.17) is 14.2 Å². The van der Waals surface area contributed by atoms with Crippen molar-refractivity contribution in [3.63, 3.8) is 0 Å². The van der Waals surface area contributed by atoms with Crippen molar-refractivity contribution in [3.8, 4) is 0 Å². The topological polar surface area (TPSA) is 27.7 Å². The molecule has 3 nitrogen and oxygen atoms in total. The summed E-state index contributed by atoms with van der Waals surface area (Å²) in [6, 6.07) is 0. The van der Waals surface area contributed by atoms with Gasteiger partial charge in [0.15, 0.2) is 11.7 Å². The van der Waals surface area contributed by atoms with Gasteiger partial charge in [-0.3, -0.25) is 0 Å². The van der Waals surface area contributed by atoms with Crippen molar-refractivity contribution < 1.29 is 23.0 Å². The Labute approximate surface area is 197 Å². The number of unbranched alkanes of at least 4 members (excludes halogenated alkanes) is 1. The van der Waals surface area contributed by atoms with Gasteiger partial charge in [-0.1, -0.05) is 60.8 Å². The van der Waals surface area contributed by atoms with Crippen LogP contribution in [0.25, 0.3) is 0 Å². The predicted octanol–water partition coefficient (Wildman–Crippen LogP) is 8.69. The van der Waals surface area contributed by atoms with Gasteiger partial charge in [-0.25, -0.2) is 8.78 Å². The van der Waals surface area contributed by atoms with E-state index < -0.39 is 11.7 Å². The van der Waals surface area contributed by atoms with Crippen LogP contribution in [0.1, 0.15) is 106 Å². The lowest BCUT2D eigenvalue weighted by atomic mass is 9.90. The lowest BCUT2D eigenvalue weighted by molar-refractivity contribution is -0.0936. The zero-order chi connectivity index (χ0) is 24.5. The molecule has 32 heavy (non-hydrogen) atoms. The van der Waals surface area contributed by atoms with E-state index in [1.807, 2.05) is 13.8 Å². The Hall–Kier alpha value is -0.940. The first-order valence-electron chi connectivity index (χ1n) is 12.8. The molecule has 0 spiro atoms. The molecular weight excluding hydrogens is 410 g/mol. The molecule has 190 valence electrons. The summed E-state index contributed by atoms with van der Waals surface area (Å²) in [7, 11) is 1.35. The molecule has 0 aliphatic carbocycles. The summed E-state index contributed by atoms with van der Waals surface area (Å²) >= 11 is 0. The first-order valence-corrected chi connectivity index (χ1v) is 12.8. The quantitative estimate of drug-likeness (QED) is 0.203. The van der Waals surface area contributed by atoms with E-state index in [1.165, 1.54) is 33.3 Å². The Kier molecular flexibility index (Phi) is 17.9. The van der Waals surface area contributed by atoms with Crippen LogP contribution in [0.2, 0.25) is 0 Å². The third kappa shape index (κ3) is 12.3. The Bertz CT molecular complexity index is 537. The molecule has 1 aliphatic rings. The van der Waals surface area contributed by atoms with E-state index in [1.54, 1.807) is 0 Å². The van der Waals surface area contributed by atoms with Gasteiger partial charge in [-0.2, -0.15) is 0 Å². The smallest absolute Gasteiger partial charge is 0.195 e. The molecule has 1 fully saturated rings. The van der Waals surface area contributed by atoms with Crippen molar-refractivity contribution in [2.24, 2.45) is 11.8 Å². The van der Waals surface area contributed by atoms with Crippen LogP contribution in [0.5, 0.6) is 0 Å². The van der Waals surface area contributed by atoms with Crippen LogP contribution >= 0.6 is 0 Å². The standard InChI is InChI=1S/C24H42F2O3.C3H8/c1-7-9-10-20-13-14-21(16-29-20)28-15-17(3)11-12-18(4)22(8-2)24(26)23(25)19(5)27-6;1-3-2/h17-18,20-21H,7-16H2,1-6H3;3H2,1-2H3/b23-19-,24-22-;. The molecule has 4 unspecified atom stereocenters. The fraction of sp³-hybridized carbons (Fsp3) is 0.852. The summed E-state index contributed by atoms with van der Waals surface area (Å²) in [5, 5.41) is 0. The second kappa shape index (κ2) is 18.5. The molecule has 0 aromatic carbocycles. The lowest BCUT2D eigenvalue weighted by Gasteiger charge is -2.30. The Morgan fingerprint density at radius 2 is 1.69 bits per heavy atom. The van der Waals surface area contributed by atoms with Gasteiger partial charge in [0, 0.05) is 6.61 Å². The average molecular weight is 461 g/mol. The molecule has 4 atom stereocenters. The van der Waals surface area contributed by atoms with Gasteiger partial charge >= 0.3 is 0 Å². The molecule has 0 radical (unpaired) electrons. The van der Waals surface area contributed by atoms with Crippen LogP contribution in [0, 0.1) is 11.8 Å². The molecule has 1 aliphatic heterocycles. The van der Waals surface area contributed by atoms with E-state index in [0.717, 1.165) is 32.1 Å².